The second-order valence-electron chi connectivity index (χ2n) is 2.88. The number of hydrogen-bond acceptors (Lipinski definition) is 2. The fraction of sp³-hybridized carbons (Fsp3) is 0.875. The largest absolute Gasteiger partial charge is 0.396 e. The van der Waals surface area contributed by atoms with Gasteiger partial charge in [0.2, 0.25) is 5.91 Å². The van der Waals surface area contributed by atoms with Gasteiger partial charge in [-0.25, -0.2) is 0 Å². The van der Waals surface area contributed by atoms with Crippen molar-refractivity contribution in [3.63, 3.8) is 0 Å². The van der Waals surface area contributed by atoms with Gasteiger partial charge in [0.15, 0.2) is 0 Å². The number of aliphatic hydroxyl groups is 1. The quantitative estimate of drug-likeness (QED) is 0.575. The molecule has 0 radical (unpaired) electrons. The van der Waals surface area contributed by atoms with E-state index in [1.165, 1.54) is 0 Å². The number of rotatable bonds is 5. The SMILES string of the molecule is CC(C)C(=O)NCCCCO. The molecule has 0 aromatic carbocycles. The van der Waals surface area contributed by atoms with Crippen molar-refractivity contribution in [3.8, 4) is 0 Å². The van der Waals surface area contributed by atoms with Crippen LogP contribution in [0.1, 0.15) is 26.7 Å². The maximum Gasteiger partial charge on any atom is 0.222 e. The Labute approximate surface area is 67.8 Å². The molecule has 0 fully saturated rings. The van der Waals surface area contributed by atoms with Crippen molar-refractivity contribution >= 4 is 5.91 Å². The van der Waals surface area contributed by atoms with Crippen LogP contribution in [0.5, 0.6) is 0 Å². The maximum absolute atomic E-state index is 10.9. The summed E-state index contributed by atoms with van der Waals surface area (Å²) < 4.78 is 0. The number of hydrogen-bond donors (Lipinski definition) is 2. The van der Waals surface area contributed by atoms with Crippen LogP contribution in [0.15, 0.2) is 0 Å². The highest BCUT2D eigenvalue weighted by atomic mass is 16.2. The molecule has 3 nitrogen and oxygen atoms in total. The van der Waals surface area contributed by atoms with Gasteiger partial charge in [0.25, 0.3) is 0 Å². The molecule has 0 saturated heterocycles. The van der Waals surface area contributed by atoms with Gasteiger partial charge in [0, 0.05) is 19.1 Å². The van der Waals surface area contributed by atoms with E-state index < -0.39 is 0 Å². The van der Waals surface area contributed by atoms with E-state index in [4.69, 9.17) is 5.11 Å². The average molecular weight is 159 g/mol. The molecule has 0 aromatic heterocycles. The van der Waals surface area contributed by atoms with E-state index in [-0.39, 0.29) is 18.4 Å². The lowest BCUT2D eigenvalue weighted by Gasteiger charge is -2.05. The molecule has 3 heteroatoms. The van der Waals surface area contributed by atoms with E-state index >= 15 is 0 Å². The Morgan fingerprint density at radius 3 is 2.55 bits per heavy atom. The van der Waals surface area contributed by atoms with Crippen molar-refractivity contribution in [3.05, 3.63) is 0 Å². The monoisotopic (exact) mass is 159 g/mol. The topological polar surface area (TPSA) is 49.3 Å². The zero-order valence-electron chi connectivity index (χ0n) is 7.26. The minimum atomic E-state index is 0.0594. The standard InChI is InChI=1S/C8H17NO2/c1-7(2)8(11)9-5-3-4-6-10/h7,10H,3-6H2,1-2H3,(H,9,11). The highest BCUT2D eigenvalue weighted by Gasteiger charge is 2.03. The van der Waals surface area contributed by atoms with Gasteiger partial charge in [0.05, 0.1) is 0 Å². The summed E-state index contributed by atoms with van der Waals surface area (Å²) in [4.78, 5) is 10.9. The Morgan fingerprint density at radius 2 is 2.09 bits per heavy atom. The molecule has 0 aliphatic carbocycles. The predicted molar refractivity (Wildman–Crippen MR) is 44.2 cm³/mol. The van der Waals surface area contributed by atoms with Crippen molar-refractivity contribution in [2.75, 3.05) is 13.2 Å². The fourth-order valence-corrected chi connectivity index (χ4v) is 0.653. The summed E-state index contributed by atoms with van der Waals surface area (Å²) in [6.07, 6.45) is 1.62. The van der Waals surface area contributed by atoms with E-state index in [1.54, 1.807) is 0 Å². The molecule has 0 atom stereocenters. The minimum absolute atomic E-state index is 0.0594. The van der Waals surface area contributed by atoms with Crippen molar-refractivity contribution < 1.29 is 9.90 Å². The lowest BCUT2D eigenvalue weighted by molar-refractivity contribution is -0.123. The Bertz CT molecular complexity index is 113. The zero-order chi connectivity index (χ0) is 8.69. The summed E-state index contributed by atoms with van der Waals surface area (Å²) in [7, 11) is 0. The summed E-state index contributed by atoms with van der Waals surface area (Å²) in [5.41, 5.74) is 0. The van der Waals surface area contributed by atoms with Gasteiger partial charge in [0.1, 0.15) is 0 Å². The summed E-state index contributed by atoms with van der Waals surface area (Å²) in [5.74, 6) is 0.145. The number of amides is 1. The van der Waals surface area contributed by atoms with Crippen LogP contribution in [0, 0.1) is 5.92 Å². The van der Waals surface area contributed by atoms with Gasteiger partial charge in [-0.1, -0.05) is 13.8 Å². The van der Waals surface area contributed by atoms with Crippen molar-refractivity contribution in [1.29, 1.82) is 0 Å². The molecule has 0 aromatic rings. The first kappa shape index (κ1) is 10.4. The first-order valence-electron chi connectivity index (χ1n) is 4.07. The Balaban J connectivity index is 3.18. The van der Waals surface area contributed by atoms with Gasteiger partial charge in [-0.2, -0.15) is 0 Å². The molecular weight excluding hydrogens is 142 g/mol. The number of unbranched alkanes of at least 4 members (excludes halogenated alkanes) is 1. The number of nitrogens with one attached hydrogen (secondary N) is 1. The van der Waals surface area contributed by atoms with Crippen LogP contribution in [-0.2, 0) is 4.79 Å². The van der Waals surface area contributed by atoms with Crippen molar-refractivity contribution in [1.82, 2.24) is 5.32 Å². The number of carbonyl (C=O) groups is 1. The van der Waals surface area contributed by atoms with E-state index in [1.807, 2.05) is 13.8 Å². The van der Waals surface area contributed by atoms with Gasteiger partial charge >= 0.3 is 0 Å². The van der Waals surface area contributed by atoms with Crippen LogP contribution in [0.2, 0.25) is 0 Å². The molecule has 0 aliphatic rings. The van der Waals surface area contributed by atoms with Crippen molar-refractivity contribution in [2.24, 2.45) is 5.92 Å². The summed E-state index contributed by atoms with van der Waals surface area (Å²) in [6, 6.07) is 0. The number of carbonyl (C=O) groups excluding carboxylic acids is 1. The Kier molecular flexibility index (Phi) is 5.84. The molecule has 66 valence electrons. The van der Waals surface area contributed by atoms with Crippen LogP contribution in [0.25, 0.3) is 0 Å². The fourth-order valence-electron chi connectivity index (χ4n) is 0.653. The molecule has 0 bridgehead atoms. The third kappa shape index (κ3) is 5.85. The lowest BCUT2D eigenvalue weighted by Crippen LogP contribution is -2.28. The summed E-state index contributed by atoms with van der Waals surface area (Å²) in [5, 5.41) is 11.2. The highest BCUT2D eigenvalue weighted by Crippen LogP contribution is 1.91. The first-order valence-corrected chi connectivity index (χ1v) is 4.07. The van der Waals surface area contributed by atoms with E-state index in [9.17, 15) is 4.79 Å². The molecular formula is C8H17NO2. The predicted octanol–water partition coefficient (Wildman–Crippen LogP) is 0.531. The van der Waals surface area contributed by atoms with Gasteiger partial charge in [-0.15, -0.1) is 0 Å². The van der Waals surface area contributed by atoms with Crippen LogP contribution >= 0.6 is 0 Å². The average Bonchev–Trinajstić information content (AvgIpc) is 1.97. The van der Waals surface area contributed by atoms with E-state index in [0.717, 1.165) is 12.8 Å². The second kappa shape index (κ2) is 6.16. The molecule has 0 rings (SSSR count). The Morgan fingerprint density at radius 1 is 1.45 bits per heavy atom. The molecule has 11 heavy (non-hydrogen) atoms. The van der Waals surface area contributed by atoms with Crippen molar-refractivity contribution in [2.45, 2.75) is 26.7 Å². The van der Waals surface area contributed by atoms with Crippen LogP contribution < -0.4 is 5.32 Å². The van der Waals surface area contributed by atoms with Crippen LogP contribution in [0.4, 0.5) is 0 Å². The smallest absolute Gasteiger partial charge is 0.222 e. The van der Waals surface area contributed by atoms with E-state index in [0.29, 0.717) is 6.54 Å². The normalized spacial score (nSPS) is 10.2. The third-order valence-electron chi connectivity index (χ3n) is 1.41. The van der Waals surface area contributed by atoms with Gasteiger partial charge < -0.3 is 10.4 Å². The van der Waals surface area contributed by atoms with E-state index in [2.05, 4.69) is 5.32 Å². The van der Waals surface area contributed by atoms with Crippen LogP contribution in [0.3, 0.4) is 0 Å². The first-order chi connectivity index (χ1) is 5.18. The Hall–Kier alpha value is -0.570. The minimum Gasteiger partial charge on any atom is -0.396 e. The molecule has 0 aliphatic heterocycles. The number of aliphatic hydroxyl groups excluding tert-OH is 1. The molecule has 0 unspecified atom stereocenters. The van der Waals surface area contributed by atoms with Crippen LogP contribution in [-0.4, -0.2) is 24.2 Å². The zero-order valence-corrected chi connectivity index (χ0v) is 7.26. The van der Waals surface area contributed by atoms with Gasteiger partial charge in [-0.3, -0.25) is 4.79 Å². The highest BCUT2D eigenvalue weighted by molar-refractivity contribution is 5.77. The third-order valence-corrected chi connectivity index (χ3v) is 1.41. The maximum atomic E-state index is 10.9. The molecule has 0 saturated carbocycles. The molecule has 0 spiro atoms. The molecule has 2 N–H and O–H groups in total. The summed E-state index contributed by atoms with van der Waals surface area (Å²) >= 11 is 0. The second-order valence-corrected chi connectivity index (χ2v) is 2.88. The summed E-state index contributed by atoms with van der Waals surface area (Å²) in [6.45, 7) is 4.61. The van der Waals surface area contributed by atoms with Gasteiger partial charge in [-0.05, 0) is 12.8 Å². The molecule has 0 heterocycles. The lowest BCUT2D eigenvalue weighted by atomic mass is 10.2. The molecule has 1 amide bonds.